The number of aliphatic imine (C=N–C) groups is 3. The van der Waals surface area contributed by atoms with E-state index in [1.54, 1.807) is 0 Å². The van der Waals surface area contributed by atoms with Crippen molar-refractivity contribution in [3.05, 3.63) is 0 Å². The molecule has 2 aliphatic rings. The average Bonchev–Trinajstić information content (AvgIpc) is 2.36. The second kappa shape index (κ2) is 1.88. The summed E-state index contributed by atoms with van der Waals surface area (Å²) in [6.45, 7) is 0. The molecule has 2 heterocycles. The number of fused-ring (bicyclic) bond motifs is 1. The van der Waals surface area contributed by atoms with E-state index in [0.717, 1.165) is 0 Å². The Bertz CT molecular complexity index is 304. The van der Waals surface area contributed by atoms with Gasteiger partial charge in [0.1, 0.15) is 6.34 Å². The highest BCUT2D eigenvalue weighted by Gasteiger charge is 2.25. The molecule has 0 bridgehead atoms. The normalized spacial score (nSPS) is 20.6. The van der Waals surface area contributed by atoms with Crippen molar-refractivity contribution in [2.75, 3.05) is 0 Å². The van der Waals surface area contributed by atoms with Crippen molar-refractivity contribution in [2.45, 2.75) is 0 Å². The molecule has 0 saturated carbocycles. The molecule has 5 heteroatoms. The van der Waals surface area contributed by atoms with Crippen molar-refractivity contribution in [3.63, 3.8) is 0 Å². The Morgan fingerprint density at radius 1 is 1.40 bits per heavy atom. The summed E-state index contributed by atoms with van der Waals surface area (Å²) in [6.07, 6.45) is 2.96. The number of nitrogens with zero attached hydrogens (tertiary/aromatic N) is 3. The van der Waals surface area contributed by atoms with Crippen molar-refractivity contribution < 1.29 is 4.99 Å². The molecule has 0 fully saturated rings. The summed E-state index contributed by atoms with van der Waals surface area (Å²) in [7, 11) is 0. The molecule has 0 aromatic heterocycles. The standard InChI is InChI=1S/C5H2N4S/c10-5-3-4(7-1-6-3)8-2-9-5/h1-2H/p+1. The lowest BCUT2D eigenvalue weighted by Gasteiger charge is -1.92. The number of hydrogen-bond acceptors (Lipinski definition) is 4. The Morgan fingerprint density at radius 3 is 3.10 bits per heavy atom. The molecule has 0 aliphatic carbocycles. The quantitative estimate of drug-likeness (QED) is 0.413. The third-order valence-electron chi connectivity index (χ3n) is 1.18. The van der Waals surface area contributed by atoms with Crippen LogP contribution < -0.4 is 4.99 Å². The Labute approximate surface area is 62.1 Å². The van der Waals surface area contributed by atoms with Gasteiger partial charge in [0, 0.05) is 0 Å². The van der Waals surface area contributed by atoms with Crippen LogP contribution in [0.4, 0.5) is 0 Å². The first-order valence-electron chi connectivity index (χ1n) is 2.69. The van der Waals surface area contributed by atoms with Crippen LogP contribution in [0.2, 0.25) is 0 Å². The molecule has 0 aromatic carbocycles. The fourth-order valence-electron chi connectivity index (χ4n) is 0.735. The van der Waals surface area contributed by atoms with E-state index in [2.05, 4.69) is 20.0 Å². The van der Waals surface area contributed by atoms with Crippen LogP contribution in [0, 0.1) is 0 Å². The summed E-state index contributed by atoms with van der Waals surface area (Å²) in [6, 6.07) is 0. The molecule has 0 aromatic rings. The van der Waals surface area contributed by atoms with Crippen LogP contribution in [-0.2, 0) is 0 Å². The maximum atomic E-state index is 4.91. The first-order chi connectivity index (χ1) is 4.88. The van der Waals surface area contributed by atoms with Crippen LogP contribution in [0.1, 0.15) is 0 Å². The lowest BCUT2D eigenvalue weighted by molar-refractivity contribution is -0.300. The van der Waals surface area contributed by atoms with Gasteiger partial charge in [-0.3, -0.25) is 0 Å². The monoisotopic (exact) mass is 151 g/mol. The Hall–Kier alpha value is -1.23. The van der Waals surface area contributed by atoms with E-state index in [4.69, 9.17) is 12.2 Å². The molecular weight excluding hydrogens is 148 g/mol. The molecule has 2 aliphatic heterocycles. The molecule has 2 rings (SSSR count). The molecule has 48 valence electrons. The zero-order valence-electron chi connectivity index (χ0n) is 4.90. The minimum Gasteiger partial charge on any atom is -0.232 e. The SMILES string of the molecule is S=C1[NH+]=CN=C2N=CN=C12. The van der Waals surface area contributed by atoms with Gasteiger partial charge in [-0.2, -0.15) is 4.99 Å². The number of nitrogens with one attached hydrogen (secondary N) is 1. The molecule has 0 spiro atoms. The van der Waals surface area contributed by atoms with Gasteiger partial charge < -0.3 is 0 Å². The van der Waals surface area contributed by atoms with E-state index in [1.165, 1.54) is 12.7 Å². The third-order valence-corrected chi connectivity index (χ3v) is 1.49. The molecule has 4 nitrogen and oxygen atoms in total. The van der Waals surface area contributed by atoms with Crippen LogP contribution in [0.5, 0.6) is 0 Å². The molecular formula is C5H3N4S+. The van der Waals surface area contributed by atoms with Gasteiger partial charge in [0.25, 0.3) is 12.2 Å². The maximum Gasteiger partial charge on any atom is 0.298 e. The minimum absolute atomic E-state index is 0.586. The summed E-state index contributed by atoms with van der Waals surface area (Å²) in [5, 5.41) is 0. The number of hydrogen-bond donors (Lipinski definition) is 1. The summed E-state index contributed by atoms with van der Waals surface area (Å²) in [4.78, 5) is 15.0. The van der Waals surface area contributed by atoms with Gasteiger partial charge in [0.2, 0.25) is 4.99 Å². The summed E-state index contributed by atoms with van der Waals surface area (Å²) in [5.74, 6) is 0.601. The van der Waals surface area contributed by atoms with Crippen molar-refractivity contribution in [1.82, 2.24) is 0 Å². The van der Waals surface area contributed by atoms with Gasteiger partial charge >= 0.3 is 0 Å². The second-order valence-electron chi connectivity index (χ2n) is 1.78. The Balaban J connectivity index is 2.54. The van der Waals surface area contributed by atoms with Gasteiger partial charge in [-0.25, -0.2) is 9.98 Å². The highest BCUT2D eigenvalue weighted by molar-refractivity contribution is 7.81. The first-order valence-corrected chi connectivity index (χ1v) is 3.10. The molecule has 0 radical (unpaired) electrons. The highest BCUT2D eigenvalue weighted by atomic mass is 32.1. The largest absolute Gasteiger partial charge is 0.298 e. The highest BCUT2D eigenvalue weighted by Crippen LogP contribution is 1.94. The van der Waals surface area contributed by atoms with Crippen molar-refractivity contribution in [2.24, 2.45) is 15.0 Å². The summed E-state index contributed by atoms with van der Waals surface area (Å²) in [5.41, 5.74) is 0.664. The summed E-state index contributed by atoms with van der Waals surface area (Å²) >= 11 is 4.91. The first kappa shape index (κ1) is 5.55. The number of amidine groups is 1. The zero-order chi connectivity index (χ0) is 6.97. The van der Waals surface area contributed by atoms with Gasteiger partial charge in [-0.15, -0.1) is 0 Å². The minimum atomic E-state index is 0.586. The van der Waals surface area contributed by atoms with E-state index in [1.807, 2.05) is 0 Å². The van der Waals surface area contributed by atoms with Crippen LogP contribution in [0.25, 0.3) is 0 Å². The van der Waals surface area contributed by atoms with E-state index in [9.17, 15) is 0 Å². The number of thiocarbonyl (C=S) groups is 1. The number of rotatable bonds is 0. The van der Waals surface area contributed by atoms with Crippen molar-refractivity contribution in [3.8, 4) is 0 Å². The van der Waals surface area contributed by atoms with E-state index >= 15 is 0 Å². The lowest BCUT2D eigenvalue weighted by atomic mass is 10.3. The Morgan fingerprint density at radius 2 is 2.30 bits per heavy atom. The Kier molecular flexibility index (Phi) is 1.04. The third kappa shape index (κ3) is 0.640. The summed E-state index contributed by atoms with van der Waals surface area (Å²) < 4.78 is 0. The molecule has 10 heavy (non-hydrogen) atoms. The fourth-order valence-corrected chi connectivity index (χ4v) is 0.932. The molecule has 0 unspecified atom stereocenters. The second-order valence-corrected chi connectivity index (χ2v) is 2.19. The molecule has 0 atom stereocenters. The van der Waals surface area contributed by atoms with Crippen LogP contribution in [-0.4, -0.2) is 29.2 Å². The van der Waals surface area contributed by atoms with Crippen molar-refractivity contribution >= 4 is 41.4 Å². The smallest absolute Gasteiger partial charge is 0.232 e. The zero-order valence-corrected chi connectivity index (χ0v) is 5.72. The van der Waals surface area contributed by atoms with Gasteiger partial charge in [0.15, 0.2) is 5.71 Å². The topological polar surface area (TPSA) is 51.0 Å². The van der Waals surface area contributed by atoms with E-state index < -0.39 is 0 Å². The van der Waals surface area contributed by atoms with Crippen LogP contribution >= 0.6 is 12.2 Å². The lowest BCUT2D eigenvalue weighted by Crippen LogP contribution is -2.77. The van der Waals surface area contributed by atoms with E-state index in [0.29, 0.717) is 16.5 Å². The fraction of sp³-hybridized carbons (Fsp3) is 0. The predicted molar refractivity (Wildman–Crippen MR) is 43.0 cm³/mol. The maximum absolute atomic E-state index is 4.91. The molecule has 0 saturated heterocycles. The predicted octanol–water partition coefficient (Wildman–Crippen LogP) is -1.68. The van der Waals surface area contributed by atoms with Crippen molar-refractivity contribution in [1.29, 1.82) is 0 Å². The average molecular weight is 151 g/mol. The molecule has 0 amide bonds. The van der Waals surface area contributed by atoms with E-state index in [-0.39, 0.29) is 0 Å². The van der Waals surface area contributed by atoms with Gasteiger partial charge in [-0.1, -0.05) is 0 Å². The van der Waals surface area contributed by atoms with Gasteiger partial charge in [-0.05, 0) is 17.2 Å². The van der Waals surface area contributed by atoms with Crippen LogP contribution in [0.3, 0.4) is 0 Å². The van der Waals surface area contributed by atoms with Crippen LogP contribution in [0.15, 0.2) is 15.0 Å². The molecule has 1 N–H and O–H groups in total. The van der Waals surface area contributed by atoms with Gasteiger partial charge in [0.05, 0.1) is 0 Å².